The maximum Gasteiger partial charge on any atom is 0.224 e. The molecule has 0 bridgehead atoms. The second-order valence-corrected chi connectivity index (χ2v) is 9.89. The molecule has 0 unspecified atom stereocenters. The van der Waals surface area contributed by atoms with Gasteiger partial charge in [-0.1, -0.05) is 6.92 Å². The first-order valence-corrected chi connectivity index (χ1v) is 12.9. The van der Waals surface area contributed by atoms with Crippen molar-refractivity contribution in [3.05, 3.63) is 60.0 Å². The van der Waals surface area contributed by atoms with Crippen LogP contribution < -0.4 is 5.32 Å². The lowest BCUT2D eigenvalue weighted by atomic mass is 10.1. The van der Waals surface area contributed by atoms with Crippen molar-refractivity contribution >= 4 is 50.8 Å². The number of fused-ring (bicyclic) bond motifs is 2. The van der Waals surface area contributed by atoms with Crippen LogP contribution in [0.15, 0.2) is 55.1 Å². The molecule has 0 atom stereocenters. The molecule has 6 aromatic heterocycles. The third-order valence-electron chi connectivity index (χ3n) is 6.08. The molecule has 10 nitrogen and oxygen atoms in total. The minimum Gasteiger partial charge on any atom is -0.335 e. The van der Waals surface area contributed by atoms with E-state index in [0.717, 1.165) is 38.8 Å². The molecule has 3 N–H and O–H groups in total. The number of nitrogens with one attached hydrogen (secondary N) is 3. The highest BCUT2D eigenvalue weighted by atomic mass is 32.1. The molecule has 0 aliphatic carbocycles. The highest BCUT2D eigenvalue weighted by Crippen LogP contribution is 2.35. The minimum absolute atomic E-state index is 0.0355. The van der Waals surface area contributed by atoms with E-state index in [-0.39, 0.29) is 11.7 Å². The number of carbonyl (C=O) groups excluding carboxylic acids is 2. The van der Waals surface area contributed by atoms with Crippen LogP contribution in [0, 0.1) is 0 Å². The van der Waals surface area contributed by atoms with Gasteiger partial charge in [-0.15, -0.1) is 11.3 Å². The van der Waals surface area contributed by atoms with Crippen LogP contribution in [0.4, 0.5) is 5.69 Å². The van der Waals surface area contributed by atoms with Gasteiger partial charge in [0.25, 0.3) is 0 Å². The topological polar surface area (TPSA) is 142 Å². The number of H-pyrrole nitrogens is 2. The Kier molecular flexibility index (Phi) is 5.97. The van der Waals surface area contributed by atoms with Crippen LogP contribution in [0.3, 0.4) is 0 Å². The molecular formula is C27H22N8O2S. The summed E-state index contributed by atoms with van der Waals surface area (Å²) in [4.78, 5) is 46.8. The molecule has 188 valence electrons. The van der Waals surface area contributed by atoms with Crippen LogP contribution in [0.5, 0.6) is 0 Å². The number of aromatic nitrogens is 7. The maximum atomic E-state index is 12.0. The number of thiophene rings is 1. The number of rotatable bonds is 7. The zero-order valence-corrected chi connectivity index (χ0v) is 21.4. The number of nitrogens with zero attached hydrogens (tertiary/aromatic N) is 5. The Morgan fingerprint density at radius 3 is 2.79 bits per heavy atom. The summed E-state index contributed by atoms with van der Waals surface area (Å²) in [6.07, 6.45) is 7.96. The van der Waals surface area contributed by atoms with Gasteiger partial charge in [0, 0.05) is 40.2 Å². The number of hydrogen-bond donors (Lipinski definition) is 3. The van der Waals surface area contributed by atoms with Crippen LogP contribution >= 0.6 is 11.3 Å². The first-order chi connectivity index (χ1) is 18.5. The van der Waals surface area contributed by atoms with Crippen molar-refractivity contribution in [2.75, 3.05) is 5.32 Å². The molecule has 6 rings (SSSR count). The van der Waals surface area contributed by atoms with Crippen LogP contribution in [0.25, 0.3) is 55.3 Å². The SMILES string of the molecule is CCCC(=O)Nc1cncc(-c2cc3c(-c4nc5nccc(-c6ccc(C(C)=O)s6)c5[nH]4)n[nH]c3cn2)c1. The van der Waals surface area contributed by atoms with Gasteiger partial charge in [-0.05, 0) is 43.7 Å². The fourth-order valence-electron chi connectivity index (χ4n) is 4.25. The van der Waals surface area contributed by atoms with Crippen LogP contribution in [-0.4, -0.2) is 46.8 Å². The summed E-state index contributed by atoms with van der Waals surface area (Å²) in [5, 5.41) is 11.2. The molecule has 6 heterocycles. The molecule has 1 amide bonds. The molecule has 0 fully saturated rings. The first-order valence-electron chi connectivity index (χ1n) is 12.1. The van der Waals surface area contributed by atoms with E-state index in [9.17, 15) is 9.59 Å². The standard InChI is InChI=1S/C27H22N8O2S/c1-3-4-23(37)31-16-9-15(11-28-12-16)19-10-18-20(13-30-19)34-35-25(18)27-32-24-17(7-8-29-26(24)33-27)22-6-5-21(38-22)14(2)36/h5-13H,3-4H2,1-2H3,(H,31,37)(H,34,35)(H,29,32,33). The van der Waals surface area contributed by atoms with Crippen LogP contribution in [-0.2, 0) is 4.79 Å². The predicted molar refractivity (Wildman–Crippen MR) is 147 cm³/mol. The van der Waals surface area contributed by atoms with Crippen LogP contribution in [0.2, 0.25) is 0 Å². The molecule has 0 spiro atoms. The van der Waals surface area contributed by atoms with E-state index in [1.54, 1.807) is 31.7 Å². The van der Waals surface area contributed by atoms with Gasteiger partial charge in [-0.3, -0.25) is 24.7 Å². The van der Waals surface area contributed by atoms with Gasteiger partial charge in [0.2, 0.25) is 5.91 Å². The lowest BCUT2D eigenvalue weighted by molar-refractivity contribution is -0.116. The van der Waals surface area contributed by atoms with Crippen LogP contribution in [0.1, 0.15) is 36.4 Å². The number of carbonyl (C=O) groups is 2. The number of aromatic amines is 2. The molecule has 0 aliphatic rings. The lowest BCUT2D eigenvalue weighted by Crippen LogP contribution is -2.10. The zero-order valence-electron chi connectivity index (χ0n) is 20.6. The Balaban J connectivity index is 1.39. The van der Waals surface area contributed by atoms with E-state index >= 15 is 0 Å². The summed E-state index contributed by atoms with van der Waals surface area (Å²) in [7, 11) is 0. The molecule has 0 saturated heterocycles. The fourth-order valence-corrected chi connectivity index (χ4v) is 5.19. The van der Waals surface area contributed by atoms with Crippen molar-refractivity contribution < 1.29 is 9.59 Å². The van der Waals surface area contributed by atoms with Crippen molar-refractivity contribution in [1.82, 2.24) is 35.1 Å². The van der Waals surface area contributed by atoms with Gasteiger partial charge in [-0.25, -0.2) is 9.97 Å². The second-order valence-electron chi connectivity index (χ2n) is 8.81. The molecule has 38 heavy (non-hydrogen) atoms. The number of hydrogen-bond acceptors (Lipinski definition) is 8. The summed E-state index contributed by atoms with van der Waals surface area (Å²) in [6, 6.07) is 9.45. The Morgan fingerprint density at radius 1 is 1.08 bits per heavy atom. The summed E-state index contributed by atoms with van der Waals surface area (Å²) in [5.41, 5.74) is 5.69. The Labute approximate surface area is 220 Å². The Bertz CT molecular complexity index is 1830. The first kappa shape index (κ1) is 23.6. The van der Waals surface area contributed by atoms with Gasteiger partial charge in [0.05, 0.1) is 39.7 Å². The smallest absolute Gasteiger partial charge is 0.224 e. The van der Waals surface area contributed by atoms with Gasteiger partial charge >= 0.3 is 0 Å². The summed E-state index contributed by atoms with van der Waals surface area (Å²) < 4.78 is 0. The molecule has 6 aromatic rings. The monoisotopic (exact) mass is 522 g/mol. The van der Waals surface area contributed by atoms with Crippen molar-refractivity contribution in [1.29, 1.82) is 0 Å². The summed E-state index contributed by atoms with van der Waals surface area (Å²) in [5.74, 6) is 0.545. The third-order valence-corrected chi connectivity index (χ3v) is 7.30. The quantitative estimate of drug-likeness (QED) is 0.231. The molecule has 11 heteroatoms. The maximum absolute atomic E-state index is 12.0. The third kappa shape index (κ3) is 4.33. The number of Topliss-reactive ketones (excluding diaryl/α,β-unsaturated/α-hetero) is 1. The average Bonchev–Trinajstić information content (AvgIpc) is 3.66. The van der Waals surface area contributed by atoms with Gasteiger partial charge < -0.3 is 10.3 Å². The van der Waals surface area contributed by atoms with Crippen molar-refractivity contribution in [3.8, 4) is 33.2 Å². The van der Waals surface area contributed by atoms with E-state index in [0.29, 0.717) is 39.8 Å². The lowest BCUT2D eigenvalue weighted by Gasteiger charge is -2.06. The Morgan fingerprint density at radius 2 is 1.97 bits per heavy atom. The molecule has 0 aromatic carbocycles. The van der Waals surface area contributed by atoms with Gasteiger partial charge in [-0.2, -0.15) is 5.10 Å². The van der Waals surface area contributed by atoms with Crippen molar-refractivity contribution in [2.24, 2.45) is 0 Å². The molecule has 0 radical (unpaired) electrons. The van der Waals surface area contributed by atoms with E-state index in [4.69, 9.17) is 4.98 Å². The van der Waals surface area contributed by atoms with E-state index in [1.165, 1.54) is 11.3 Å². The summed E-state index contributed by atoms with van der Waals surface area (Å²) in [6.45, 7) is 3.52. The number of pyridine rings is 3. The van der Waals surface area contributed by atoms with E-state index in [1.807, 2.05) is 37.3 Å². The molecule has 0 aliphatic heterocycles. The molecular weight excluding hydrogens is 500 g/mol. The fraction of sp³-hybridized carbons (Fsp3) is 0.148. The molecule has 0 saturated carbocycles. The minimum atomic E-state index is -0.0510. The number of ketones is 1. The zero-order chi connectivity index (χ0) is 26.2. The highest BCUT2D eigenvalue weighted by Gasteiger charge is 2.18. The summed E-state index contributed by atoms with van der Waals surface area (Å²) >= 11 is 1.44. The number of imidazole rings is 1. The highest BCUT2D eigenvalue weighted by molar-refractivity contribution is 7.17. The van der Waals surface area contributed by atoms with Gasteiger partial charge in [0.15, 0.2) is 17.3 Å². The van der Waals surface area contributed by atoms with Gasteiger partial charge in [0.1, 0.15) is 5.69 Å². The van der Waals surface area contributed by atoms with Crippen molar-refractivity contribution in [2.45, 2.75) is 26.7 Å². The second kappa shape index (κ2) is 9.60. The van der Waals surface area contributed by atoms with E-state index in [2.05, 4.69) is 35.5 Å². The van der Waals surface area contributed by atoms with Crippen molar-refractivity contribution in [3.63, 3.8) is 0 Å². The normalized spacial score (nSPS) is 11.3. The Hall–Kier alpha value is -4.77. The average molecular weight is 523 g/mol. The predicted octanol–water partition coefficient (Wildman–Crippen LogP) is 5.63. The number of anilines is 1. The number of amides is 1. The van der Waals surface area contributed by atoms with E-state index < -0.39 is 0 Å². The largest absolute Gasteiger partial charge is 0.335 e.